The third-order valence-electron chi connectivity index (χ3n) is 4.48. The fourth-order valence-electron chi connectivity index (χ4n) is 3.33. The van der Waals surface area contributed by atoms with Crippen LogP contribution in [-0.4, -0.2) is 46.6 Å². The fourth-order valence-corrected chi connectivity index (χ4v) is 3.33. The minimum atomic E-state index is -0.152. The van der Waals surface area contributed by atoms with Gasteiger partial charge in [-0.25, -0.2) is 4.98 Å². The summed E-state index contributed by atoms with van der Waals surface area (Å²) in [5.74, 6) is 0.497. The third-order valence-corrected chi connectivity index (χ3v) is 4.48. The maximum absolute atomic E-state index is 12.3. The third kappa shape index (κ3) is 3.47. The van der Waals surface area contributed by atoms with Gasteiger partial charge in [0.25, 0.3) is 5.91 Å². The summed E-state index contributed by atoms with van der Waals surface area (Å²) in [4.78, 5) is 18.1. The molecule has 0 aliphatic carbocycles. The number of hydrogen-bond donors (Lipinski definition) is 2. The Balaban J connectivity index is 0.00000161. The Morgan fingerprint density at radius 2 is 2.10 bits per heavy atom. The van der Waals surface area contributed by atoms with E-state index < -0.39 is 0 Å². The average molecular weight is 312 g/mol. The van der Waals surface area contributed by atoms with Gasteiger partial charge >= 0.3 is 0 Å². The van der Waals surface area contributed by atoms with Crippen LogP contribution in [0.4, 0.5) is 0 Å². The second-order valence-corrected chi connectivity index (χ2v) is 5.70. The van der Waals surface area contributed by atoms with Gasteiger partial charge in [-0.3, -0.25) is 4.79 Å². The average Bonchev–Trinajstić information content (AvgIpc) is 3.01. The number of likely N-dealkylation sites (tertiary alicyclic amines) is 1. The molecule has 0 saturated carbocycles. The first kappa shape index (κ1) is 16.0. The number of rotatable bonds is 2. The Hall–Kier alpha value is -1.33. The largest absolute Gasteiger partial charge is 0.505 e. The zero-order valence-corrected chi connectivity index (χ0v) is 12.8. The van der Waals surface area contributed by atoms with Crippen LogP contribution < -0.4 is 5.32 Å². The first-order valence-electron chi connectivity index (χ1n) is 7.42. The summed E-state index contributed by atoms with van der Waals surface area (Å²) >= 11 is 0. The quantitative estimate of drug-likeness (QED) is 0.874. The normalized spacial score (nSPS) is 22.9. The predicted molar refractivity (Wildman–Crippen MR) is 82.8 cm³/mol. The van der Waals surface area contributed by atoms with Crippen molar-refractivity contribution in [1.82, 2.24) is 15.2 Å². The first-order chi connectivity index (χ1) is 9.75. The summed E-state index contributed by atoms with van der Waals surface area (Å²) < 4.78 is 0. The Labute approximate surface area is 131 Å². The molecule has 2 N–H and O–H groups in total. The summed E-state index contributed by atoms with van der Waals surface area (Å²) in [7, 11) is 0. The van der Waals surface area contributed by atoms with Gasteiger partial charge in [0.1, 0.15) is 5.75 Å². The molecule has 21 heavy (non-hydrogen) atoms. The molecule has 1 aromatic heterocycles. The van der Waals surface area contributed by atoms with Gasteiger partial charge in [-0.1, -0.05) is 0 Å². The highest BCUT2D eigenvalue weighted by Crippen LogP contribution is 2.27. The molecule has 3 heterocycles. The molecule has 2 saturated heterocycles. The lowest BCUT2D eigenvalue weighted by Crippen LogP contribution is -2.43. The number of carbonyl (C=O) groups is 1. The Kier molecular flexibility index (Phi) is 5.42. The number of hydrogen-bond acceptors (Lipinski definition) is 4. The van der Waals surface area contributed by atoms with Crippen LogP contribution in [0.5, 0.6) is 5.75 Å². The molecule has 1 amide bonds. The number of nitrogens with one attached hydrogen (secondary N) is 1. The summed E-state index contributed by atoms with van der Waals surface area (Å²) in [5.41, 5.74) is 0.171. The molecule has 2 aliphatic heterocycles. The molecule has 3 rings (SSSR count). The zero-order valence-electron chi connectivity index (χ0n) is 12.0. The van der Waals surface area contributed by atoms with Gasteiger partial charge in [0, 0.05) is 25.3 Å². The van der Waals surface area contributed by atoms with Crippen molar-refractivity contribution in [3.63, 3.8) is 0 Å². The van der Waals surface area contributed by atoms with E-state index in [1.54, 1.807) is 12.3 Å². The second kappa shape index (κ2) is 7.09. The molecule has 6 heteroatoms. The lowest BCUT2D eigenvalue weighted by Gasteiger charge is -2.34. The maximum atomic E-state index is 12.3. The summed E-state index contributed by atoms with van der Waals surface area (Å²) in [6, 6.07) is 3.77. The van der Waals surface area contributed by atoms with Crippen molar-refractivity contribution in [2.75, 3.05) is 19.6 Å². The molecule has 5 nitrogen and oxygen atoms in total. The van der Waals surface area contributed by atoms with Crippen molar-refractivity contribution in [1.29, 1.82) is 0 Å². The molecule has 116 valence electrons. The molecule has 1 aromatic rings. The first-order valence-corrected chi connectivity index (χ1v) is 7.42. The van der Waals surface area contributed by atoms with E-state index in [0.29, 0.717) is 12.0 Å². The van der Waals surface area contributed by atoms with Crippen molar-refractivity contribution >= 4 is 18.3 Å². The van der Waals surface area contributed by atoms with Gasteiger partial charge in [0.15, 0.2) is 5.69 Å². The lowest BCUT2D eigenvalue weighted by molar-refractivity contribution is 0.0665. The van der Waals surface area contributed by atoms with Gasteiger partial charge < -0.3 is 15.3 Å². The topological polar surface area (TPSA) is 65.5 Å². The van der Waals surface area contributed by atoms with Gasteiger partial charge in [-0.05, 0) is 50.3 Å². The van der Waals surface area contributed by atoms with Gasteiger partial charge in [0.2, 0.25) is 0 Å². The minimum absolute atomic E-state index is 0. The number of amides is 1. The molecule has 0 spiro atoms. The highest BCUT2D eigenvalue weighted by molar-refractivity contribution is 5.94. The van der Waals surface area contributed by atoms with Crippen LogP contribution in [-0.2, 0) is 0 Å². The minimum Gasteiger partial charge on any atom is -0.505 e. The van der Waals surface area contributed by atoms with Crippen molar-refractivity contribution in [2.45, 2.75) is 31.7 Å². The van der Waals surface area contributed by atoms with Crippen LogP contribution in [0.2, 0.25) is 0 Å². The summed E-state index contributed by atoms with van der Waals surface area (Å²) in [6.07, 6.45) is 6.15. The lowest BCUT2D eigenvalue weighted by atomic mass is 9.88. The molecule has 1 unspecified atom stereocenters. The summed E-state index contributed by atoms with van der Waals surface area (Å²) in [5, 5.41) is 13.3. The van der Waals surface area contributed by atoms with Gasteiger partial charge in [-0.15, -0.1) is 12.4 Å². The van der Waals surface area contributed by atoms with E-state index in [4.69, 9.17) is 0 Å². The van der Waals surface area contributed by atoms with Crippen molar-refractivity contribution in [3.8, 4) is 5.75 Å². The second-order valence-electron chi connectivity index (χ2n) is 5.70. The van der Waals surface area contributed by atoms with Crippen LogP contribution in [0, 0.1) is 5.92 Å². The van der Waals surface area contributed by atoms with E-state index in [1.807, 2.05) is 4.90 Å². The monoisotopic (exact) mass is 311 g/mol. The highest BCUT2D eigenvalue weighted by atomic mass is 35.5. The van der Waals surface area contributed by atoms with Gasteiger partial charge in [0.05, 0.1) is 0 Å². The van der Waals surface area contributed by atoms with E-state index in [-0.39, 0.29) is 29.8 Å². The van der Waals surface area contributed by atoms with E-state index in [1.165, 1.54) is 18.9 Å². The SMILES string of the molecule is Cl.O=C(c1ncccc1O)N1CCC(C2CCCN2)CC1. The number of piperidine rings is 1. The Morgan fingerprint density at radius 1 is 1.33 bits per heavy atom. The molecule has 0 bridgehead atoms. The molecule has 2 fully saturated rings. The van der Waals surface area contributed by atoms with Crippen LogP contribution in [0.1, 0.15) is 36.2 Å². The number of aromatic hydroxyl groups is 1. The zero-order chi connectivity index (χ0) is 13.9. The fraction of sp³-hybridized carbons (Fsp3) is 0.600. The van der Waals surface area contributed by atoms with E-state index >= 15 is 0 Å². The molecule has 0 radical (unpaired) electrons. The number of nitrogens with zero attached hydrogens (tertiary/aromatic N) is 2. The maximum Gasteiger partial charge on any atom is 0.276 e. The molecular weight excluding hydrogens is 290 g/mol. The molecular formula is C15H22ClN3O2. The number of aromatic nitrogens is 1. The number of carbonyl (C=O) groups excluding carboxylic acids is 1. The van der Waals surface area contributed by atoms with Crippen LogP contribution in [0.3, 0.4) is 0 Å². The van der Waals surface area contributed by atoms with Crippen molar-refractivity contribution in [2.24, 2.45) is 5.92 Å². The van der Waals surface area contributed by atoms with E-state index in [2.05, 4.69) is 10.3 Å². The highest BCUT2D eigenvalue weighted by Gasteiger charge is 2.31. The Morgan fingerprint density at radius 3 is 2.71 bits per heavy atom. The summed E-state index contributed by atoms with van der Waals surface area (Å²) in [6.45, 7) is 2.65. The van der Waals surface area contributed by atoms with Gasteiger partial charge in [-0.2, -0.15) is 0 Å². The van der Waals surface area contributed by atoms with Crippen LogP contribution in [0.15, 0.2) is 18.3 Å². The molecule has 1 atom stereocenters. The van der Waals surface area contributed by atoms with E-state index in [0.717, 1.165) is 32.5 Å². The molecule has 2 aliphatic rings. The standard InChI is InChI=1S/C15H21N3O2.ClH/c19-13-4-2-8-17-14(13)15(20)18-9-5-11(6-10-18)12-3-1-7-16-12;/h2,4,8,11-12,16,19H,1,3,5-7,9-10H2;1H. The predicted octanol–water partition coefficient (Wildman–Crippen LogP) is 1.81. The van der Waals surface area contributed by atoms with Crippen LogP contribution >= 0.6 is 12.4 Å². The Bertz CT molecular complexity index is 484. The number of halogens is 1. The van der Waals surface area contributed by atoms with Crippen molar-refractivity contribution in [3.05, 3.63) is 24.0 Å². The number of pyridine rings is 1. The van der Waals surface area contributed by atoms with Crippen LogP contribution in [0.25, 0.3) is 0 Å². The van der Waals surface area contributed by atoms with Crippen molar-refractivity contribution < 1.29 is 9.90 Å². The molecule has 0 aromatic carbocycles. The van der Waals surface area contributed by atoms with E-state index in [9.17, 15) is 9.90 Å². The smallest absolute Gasteiger partial charge is 0.276 e.